The van der Waals surface area contributed by atoms with E-state index in [0.29, 0.717) is 30.0 Å². The van der Waals surface area contributed by atoms with Crippen LogP contribution in [0.1, 0.15) is 36.9 Å². The molecule has 0 spiro atoms. The number of nitrogens with zero attached hydrogens (tertiary/aromatic N) is 2. The Kier molecular flexibility index (Phi) is 6.77. The third kappa shape index (κ3) is 4.14. The van der Waals surface area contributed by atoms with Crippen LogP contribution >= 0.6 is 0 Å². The molecule has 0 unspecified atom stereocenters. The molecule has 1 aliphatic heterocycles. The number of hydrogen-bond donors (Lipinski definition) is 1. The number of rotatable bonds is 8. The second kappa shape index (κ2) is 9.51. The minimum atomic E-state index is -0.837. The Morgan fingerprint density at radius 2 is 1.75 bits per heavy atom. The maximum atomic E-state index is 13.0. The molecule has 1 saturated heterocycles. The molecular formula is C23H24N2O7. The third-order valence-electron chi connectivity index (χ3n) is 5.37. The summed E-state index contributed by atoms with van der Waals surface area (Å²) in [6.45, 7) is 2.30. The second-order valence-corrected chi connectivity index (χ2v) is 7.26. The van der Waals surface area contributed by atoms with Gasteiger partial charge in [-0.05, 0) is 36.2 Å². The highest BCUT2D eigenvalue weighted by Crippen LogP contribution is 2.42. The molecule has 3 rings (SSSR count). The van der Waals surface area contributed by atoms with Crippen molar-refractivity contribution in [1.29, 1.82) is 0 Å². The number of ether oxygens (including phenoxy) is 2. The summed E-state index contributed by atoms with van der Waals surface area (Å²) in [5.41, 5.74) is 0.546. The Morgan fingerprint density at radius 3 is 2.31 bits per heavy atom. The number of unbranched alkanes of at least 4 members (excludes halogenated alkanes) is 1. The van der Waals surface area contributed by atoms with Crippen molar-refractivity contribution >= 4 is 23.1 Å². The summed E-state index contributed by atoms with van der Waals surface area (Å²) in [6, 6.07) is 9.35. The van der Waals surface area contributed by atoms with Gasteiger partial charge in [-0.25, -0.2) is 0 Å². The van der Waals surface area contributed by atoms with Crippen LogP contribution in [0.15, 0.2) is 48.0 Å². The van der Waals surface area contributed by atoms with E-state index >= 15 is 0 Å². The topological polar surface area (TPSA) is 119 Å². The fourth-order valence-electron chi connectivity index (χ4n) is 3.71. The monoisotopic (exact) mass is 440 g/mol. The molecule has 168 valence electrons. The molecule has 1 N–H and O–H groups in total. The van der Waals surface area contributed by atoms with Crippen LogP contribution in [0.5, 0.6) is 11.5 Å². The first kappa shape index (κ1) is 22.8. The molecule has 2 aromatic carbocycles. The Labute approximate surface area is 185 Å². The van der Waals surface area contributed by atoms with Crippen LogP contribution in [0.4, 0.5) is 5.69 Å². The van der Waals surface area contributed by atoms with Gasteiger partial charge in [0.1, 0.15) is 5.76 Å². The Bertz CT molecular complexity index is 1080. The number of nitro groups is 1. The third-order valence-corrected chi connectivity index (χ3v) is 5.37. The normalized spacial score (nSPS) is 17.5. The first-order chi connectivity index (χ1) is 15.3. The van der Waals surface area contributed by atoms with Crippen molar-refractivity contribution < 1.29 is 29.1 Å². The van der Waals surface area contributed by atoms with E-state index < -0.39 is 28.4 Å². The van der Waals surface area contributed by atoms with Crippen LogP contribution in [-0.4, -0.2) is 47.4 Å². The van der Waals surface area contributed by atoms with E-state index in [1.807, 2.05) is 6.92 Å². The summed E-state index contributed by atoms with van der Waals surface area (Å²) in [6.07, 6.45) is 1.48. The standard InChI is InChI=1S/C23H24N2O7/c1-4-5-12-24-20(15-8-11-17(31-2)18(13-15)32-3)19(22(27)23(24)28)21(26)14-6-9-16(10-7-14)25(29)30/h6-11,13,20,26H,4-5,12H2,1-3H3/b21-19+/t20-/m1/s1. The number of amides is 1. The second-order valence-electron chi connectivity index (χ2n) is 7.26. The first-order valence-electron chi connectivity index (χ1n) is 10.1. The minimum absolute atomic E-state index is 0.0767. The highest BCUT2D eigenvalue weighted by molar-refractivity contribution is 6.46. The molecule has 9 nitrogen and oxygen atoms in total. The molecule has 1 amide bonds. The Hall–Kier alpha value is -3.88. The van der Waals surface area contributed by atoms with Gasteiger partial charge in [-0.3, -0.25) is 19.7 Å². The molecule has 0 bridgehead atoms. The maximum Gasteiger partial charge on any atom is 0.295 e. The highest BCUT2D eigenvalue weighted by atomic mass is 16.6. The maximum absolute atomic E-state index is 13.0. The van der Waals surface area contributed by atoms with Crippen molar-refractivity contribution in [3.05, 3.63) is 69.3 Å². The van der Waals surface area contributed by atoms with Gasteiger partial charge in [-0.15, -0.1) is 0 Å². The largest absolute Gasteiger partial charge is 0.507 e. The van der Waals surface area contributed by atoms with Crippen LogP contribution < -0.4 is 9.47 Å². The van der Waals surface area contributed by atoms with E-state index in [0.717, 1.165) is 6.42 Å². The minimum Gasteiger partial charge on any atom is -0.507 e. The molecule has 0 saturated carbocycles. The molecule has 1 atom stereocenters. The first-order valence-corrected chi connectivity index (χ1v) is 10.1. The fraction of sp³-hybridized carbons (Fsp3) is 0.304. The van der Waals surface area contributed by atoms with E-state index in [2.05, 4.69) is 0 Å². The number of aliphatic hydroxyl groups excluding tert-OH is 1. The number of non-ortho nitro benzene ring substituents is 1. The summed E-state index contributed by atoms with van der Waals surface area (Å²) in [5, 5.41) is 21.9. The zero-order valence-electron chi connectivity index (χ0n) is 18.0. The van der Waals surface area contributed by atoms with Crippen molar-refractivity contribution in [3.63, 3.8) is 0 Å². The number of nitro benzene ring substituents is 1. The van der Waals surface area contributed by atoms with Crippen LogP contribution in [0, 0.1) is 10.1 Å². The number of hydrogen-bond acceptors (Lipinski definition) is 7. The van der Waals surface area contributed by atoms with Gasteiger partial charge in [0.25, 0.3) is 17.4 Å². The van der Waals surface area contributed by atoms with E-state index in [9.17, 15) is 24.8 Å². The van der Waals surface area contributed by atoms with Crippen LogP contribution in [0.25, 0.3) is 5.76 Å². The van der Waals surface area contributed by atoms with Crippen molar-refractivity contribution in [3.8, 4) is 11.5 Å². The molecule has 0 aliphatic carbocycles. The average Bonchev–Trinajstić information content (AvgIpc) is 3.06. The smallest absolute Gasteiger partial charge is 0.295 e. The van der Waals surface area contributed by atoms with Gasteiger partial charge in [0.2, 0.25) is 0 Å². The Morgan fingerprint density at radius 1 is 1.09 bits per heavy atom. The van der Waals surface area contributed by atoms with Gasteiger partial charge in [0.15, 0.2) is 11.5 Å². The predicted molar refractivity (Wildman–Crippen MR) is 117 cm³/mol. The number of likely N-dealkylation sites (tertiary alicyclic amines) is 1. The van der Waals surface area contributed by atoms with E-state index in [4.69, 9.17) is 9.47 Å². The number of benzene rings is 2. The lowest BCUT2D eigenvalue weighted by Crippen LogP contribution is -2.30. The molecule has 1 fully saturated rings. The van der Waals surface area contributed by atoms with Gasteiger partial charge in [-0.2, -0.15) is 0 Å². The average molecular weight is 440 g/mol. The summed E-state index contributed by atoms with van der Waals surface area (Å²) in [4.78, 5) is 37.6. The van der Waals surface area contributed by atoms with Crippen LogP contribution in [-0.2, 0) is 9.59 Å². The van der Waals surface area contributed by atoms with E-state index in [1.165, 1.54) is 43.4 Å². The van der Waals surface area contributed by atoms with Crippen molar-refractivity contribution in [2.45, 2.75) is 25.8 Å². The van der Waals surface area contributed by atoms with E-state index in [-0.39, 0.29) is 16.8 Å². The van der Waals surface area contributed by atoms with Gasteiger partial charge in [0.05, 0.1) is 30.8 Å². The molecule has 0 radical (unpaired) electrons. The molecule has 0 aromatic heterocycles. The lowest BCUT2D eigenvalue weighted by molar-refractivity contribution is -0.384. The van der Waals surface area contributed by atoms with Gasteiger partial charge in [-0.1, -0.05) is 19.4 Å². The molecule has 2 aromatic rings. The molecular weight excluding hydrogens is 416 g/mol. The zero-order valence-corrected chi connectivity index (χ0v) is 18.0. The van der Waals surface area contributed by atoms with Gasteiger partial charge < -0.3 is 19.5 Å². The number of aliphatic hydroxyl groups is 1. The van der Waals surface area contributed by atoms with E-state index in [1.54, 1.807) is 18.2 Å². The van der Waals surface area contributed by atoms with Gasteiger partial charge in [0, 0.05) is 24.2 Å². The van der Waals surface area contributed by atoms with Crippen molar-refractivity contribution in [2.24, 2.45) is 0 Å². The lowest BCUT2D eigenvalue weighted by atomic mass is 9.95. The van der Waals surface area contributed by atoms with Crippen molar-refractivity contribution in [2.75, 3.05) is 20.8 Å². The quantitative estimate of drug-likeness (QED) is 0.218. The number of carbonyl (C=O) groups excluding carboxylic acids is 2. The lowest BCUT2D eigenvalue weighted by Gasteiger charge is -2.25. The van der Waals surface area contributed by atoms with Crippen LogP contribution in [0.3, 0.4) is 0 Å². The summed E-state index contributed by atoms with van der Waals surface area (Å²) in [5.74, 6) is -1.01. The number of Topliss-reactive ketones (excluding diaryl/α,β-unsaturated/α-hetero) is 1. The van der Waals surface area contributed by atoms with Crippen molar-refractivity contribution in [1.82, 2.24) is 4.90 Å². The number of methoxy groups -OCH3 is 2. The summed E-state index contributed by atoms with van der Waals surface area (Å²) < 4.78 is 10.6. The zero-order chi connectivity index (χ0) is 23.4. The molecule has 9 heteroatoms. The molecule has 1 heterocycles. The summed E-state index contributed by atoms with van der Waals surface area (Å²) in [7, 11) is 2.98. The number of ketones is 1. The molecule has 32 heavy (non-hydrogen) atoms. The molecule has 1 aliphatic rings. The fourth-order valence-corrected chi connectivity index (χ4v) is 3.71. The van der Waals surface area contributed by atoms with Crippen LogP contribution in [0.2, 0.25) is 0 Å². The highest BCUT2D eigenvalue weighted by Gasteiger charge is 2.46. The van der Waals surface area contributed by atoms with Gasteiger partial charge >= 0.3 is 0 Å². The Balaban J connectivity index is 2.17. The SMILES string of the molecule is CCCCN1C(=O)C(=O)/C(=C(/O)c2ccc([N+](=O)[O-])cc2)[C@H]1c1ccc(OC)c(OC)c1. The number of carbonyl (C=O) groups is 2. The predicted octanol–water partition coefficient (Wildman–Crippen LogP) is 3.83. The summed E-state index contributed by atoms with van der Waals surface area (Å²) >= 11 is 0.